The van der Waals surface area contributed by atoms with Gasteiger partial charge in [0.1, 0.15) is 6.04 Å². The predicted molar refractivity (Wildman–Crippen MR) is 116 cm³/mol. The number of hydrogen-bond donors (Lipinski definition) is 0. The zero-order valence-electron chi connectivity index (χ0n) is 16.4. The molecule has 1 unspecified atom stereocenters. The highest BCUT2D eigenvalue weighted by atomic mass is 32.2. The molecule has 1 aromatic heterocycles. The Morgan fingerprint density at radius 3 is 2.59 bits per heavy atom. The highest BCUT2D eigenvalue weighted by molar-refractivity contribution is 7.89. The molecule has 1 aliphatic rings. The number of fused-ring (bicyclic) bond motifs is 1. The number of rotatable bonds is 4. The summed E-state index contributed by atoms with van der Waals surface area (Å²) in [5, 5.41) is 0.578. The number of para-hydroxylation sites is 1. The van der Waals surface area contributed by atoms with Crippen molar-refractivity contribution in [2.45, 2.75) is 37.1 Å². The molecule has 4 rings (SSSR count). The molecule has 2 heterocycles. The maximum absolute atomic E-state index is 13.3. The van der Waals surface area contributed by atoms with Crippen LogP contribution in [0.5, 0.6) is 0 Å². The van der Waals surface area contributed by atoms with E-state index in [4.69, 9.17) is 0 Å². The van der Waals surface area contributed by atoms with Gasteiger partial charge in [-0.1, -0.05) is 47.6 Å². The van der Waals surface area contributed by atoms with E-state index in [0.717, 1.165) is 28.6 Å². The Kier molecular flexibility index (Phi) is 5.42. The van der Waals surface area contributed by atoms with Gasteiger partial charge in [-0.05, 0) is 44.0 Å². The van der Waals surface area contributed by atoms with Crippen LogP contribution in [0.25, 0.3) is 10.2 Å². The normalized spacial score (nSPS) is 18.1. The molecule has 1 saturated heterocycles. The van der Waals surface area contributed by atoms with Gasteiger partial charge < -0.3 is 0 Å². The molecule has 0 spiro atoms. The molecule has 1 aliphatic heterocycles. The van der Waals surface area contributed by atoms with E-state index in [1.807, 2.05) is 31.2 Å². The molecule has 8 heteroatoms. The van der Waals surface area contributed by atoms with Crippen LogP contribution in [-0.4, -0.2) is 43.2 Å². The minimum Gasteiger partial charge on any atom is -0.290 e. The molecular weight excluding hydrogens is 406 g/mol. The van der Waals surface area contributed by atoms with Crippen molar-refractivity contribution in [2.75, 3.05) is 18.5 Å². The summed E-state index contributed by atoms with van der Waals surface area (Å²) in [5.41, 5.74) is 1.82. The van der Waals surface area contributed by atoms with Crippen molar-refractivity contribution in [3.63, 3.8) is 0 Å². The third-order valence-electron chi connectivity index (χ3n) is 5.27. The van der Waals surface area contributed by atoms with E-state index < -0.39 is 16.1 Å². The summed E-state index contributed by atoms with van der Waals surface area (Å²) < 4.78 is 28.9. The average molecular weight is 430 g/mol. The summed E-state index contributed by atoms with van der Waals surface area (Å²) in [7, 11) is -2.07. The number of hydrogen-bond acceptors (Lipinski definition) is 5. The van der Waals surface area contributed by atoms with Gasteiger partial charge in [0.2, 0.25) is 15.9 Å². The van der Waals surface area contributed by atoms with Crippen LogP contribution in [0.1, 0.15) is 24.8 Å². The van der Waals surface area contributed by atoms with Gasteiger partial charge in [-0.25, -0.2) is 13.4 Å². The van der Waals surface area contributed by atoms with Crippen LogP contribution in [0, 0.1) is 6.92 Å². The number of carbonyl (C=O) groups excluding carboxylic acids is 1. The Bertz CT molecular complexity index is 1110. The average Bonchev–Trinajstić information content (AvgIpc) is 3.17. The van der Waals surface area contributed by atoms with Crippen molar-refractivity contribution < 1.29 is 13.2 Å². The zero-order valence-corrected chi connectivity index (χ0v) is 18.0. The Balaban J connectivity index is 1.64. The molecule has 1 atom stereocenters. The highest BCUT2D eigenvalue weighted by Gasteiger charge is 2.39. The van der Waals surface area contributed by atoms with Crippen LogP contribution in [0.4, 0.5) is 5.13 Å². The zero-order chi connectivity index (χ0) is 20.6. The highest BCUT2D eigenvalue weighted by Crippen LogP contribution is 2.31. The van der Waals surface area contributed by atoms with Crippen LogP contribution >= 0.6 is 11.3 Å². The molecule has 152 valence electrons. The molecule has 3 aromatic rings. The smallest absolute Gasteiger partial charge is 0.246 e. The van der Waals surface area contributed by atoms with Crippen molar-refractivity contribution in [2.24, 2.45) is 0 Å². The SMILES string of the molecule is Cc1ccc(S(=O)(=O)N2CCCCC2C(=O)N(C)c2nc3ccccc3s2)cc1. The van der Waals surface area contributed by atoms with Gasteiger partial charge in [-0.15, -0.1) is 0 Å². The van der Waals surface area contributed by atoms with E-state index in [1.54, 1.807) is 31.3 Å². The number of anilines is 1. The van der Waals surface area contributed by atoms with Crippen molar-refractivity contribution >= 4 is 42.6 Å². The Morgan fingerprint density at radius 2 is 1.86 bits per heavy atom. The molecule has 0 bridgehead atoms. The van der Waals surface area contributed by atoms with Crippen molar-refractivity contribution in [3.05, 3.63) is 54.1 Å². The standard InChI is InChI=1S/C21H23N3O3S2/c1-15-10-12-16(13-11-15)29(26,27)24-14-6-5-8-18(24)20(25)23(2)21-22-17-7-3-4-9-19(17)28-21/h3-4,7,9-13,18H,5-6,8,14H2,1-2H3. The number of amides is 1. The van der Waals surface area contributed by atoms with E-state index in [9.17, 15) is 13.2 Å². The molecule has 0 radical (unpaired) electrons. The number of sulfonamides is 1. The van der Waals surface area contributed by atoms with Gasteiger partial charge in [0.15, 0.2) is 5.13 Å². The van der Waals surface area contributed by atoms with Gasteiger partial charge in [0, 0.05) is 13.6 Å². The minimum absolute atomic E-state index is 0.227. The molecule has 1 fully saturated rings. The van der Waals surface area contributed by atoms with Crippen LogP contribution in [0.15, 0.2) is 53.4 Å². The van der Waals surface area contributed by atoms with Crippen LogP contribution in [-0.2, 0) is 14.8 Å². The fourth-order valence-corrected chi connectivity index (χ4v) is 6.19. The fourth-order valence-electron chi connectivity index (χ4n) is 3.61. The molecule has 0 saturated carbocycles. The number of piperidine rings is 1. The predicted octanol–water partition coefficient (Wildman–Crippen LogP) is 3.81. The molecule has 2 aromatic carbocycles. The first-order valence-electron chi connectivity index (χ1n) is 9.59. The van der Waals surface area contributed by atoms with Crippen molar-refractivity contribution in [1.82, 2.24) is 9.29 Å². The summed E-state index contributed by atoms with van der Waals surface area (Å²) in [6.07, 6.45) is 2.09. The second-order valence-electron chi connectivity index (χ2n) is 7.30. The summed E-state index contributed by atoms with van der Waals surface area (Å²) >= 11 is 1.43. The topological polar surface area (TPSA) is 70.6 Å². The lowest BCUT2D eigenvalue weighted by molar-refractivity contribution is -0.122. The van der Waals surface area contributed by atoms with E-state index in [0.29, 0.717) is 18.1 Å². The number of benzene rings is 2. The third kappa shape index (κ3) is 3.80. The van der Waals surface area contributed by atoms with Gasteiger partial charge in [-0.2, -0.15) is 4.31 Å². The summed E-state index contributed by atoms with van der Waals surface area (Å²) in [4.78, 5) is 19.6. The third-order valence-corrected chi connectivity index (χ3v) is 8.30. The van der Waals surface area contributed by atoms with Crippen molar-refractivity contribution in [3.8, 4) is 0 Å². The molecule has 1 amide bonds. The second kappa shape index (κ2) is 7.85. The monoisotopic (exact) mass is 429 g/mol. The first kappa shape index (κ1) is 20.0. The van der Waals surface area contributed by atoms with Crippen LogP contribution in [0.3, 0.4) is 0 Å². The largest absolute Gasteiger partial charge is 0.290 e. The van der Waals surface area contributed by atoms with E-state index in [1.165, 1.54) is 20.5 Å². The lowest BCUT2D eigenvalue weighted by Gasteiger charge is -2.35. The molecule has 0 aliphatic carbocycles. The first-order valence-corrected chi connectivity index (χ1v) is 11.9. The number of thiazole rings is 1. The van der Waals surface area contributed by atoms with E-state index in [2.05, 4.69) is 4.98 Å². The summed E-state index contributed by atoms with van der Waals surface area (Å²) in [6, 6.07) is 13.8. The summed E-state index contributed by atoms with van der Waals surface area (Å²) in [5.74, 6) is -0.237. The van der Waals surface area contributed by atoms with Crippen molar-refractivity contribution in [1.29, 1.82) is 0 Å². The van der Waals surface area contributed by atoms with Gasteiger partial charge in [0.05, 0.1) is 15.1 Å². The number of aryl methyl sites for hydroxylation is 1. The van der Waals surface area contributed by atoms with Gasteiger partial charge >= 0.3 is 0 Å². The summed E-state index contributed by atoms with van der Waals surface area (Å²) in [6.45, 7) is 2.26. The molecular formula is C21H23N3O3S2. The van der Waals surface area contributed by atoms with E-state index >= 15 is 0 Å². The Morgan fingerprint density at radius 1 is 1.14 bits per heavy atom. The molecule has 6 nitrogen and oxygen atoms in total. The van der Waals surface area contributed by atoms with Gasteiger partial charge in [0.25, 0.3) is 0 Å². The number of carbonyl (C=O) groups is 1. The minimum atomic E-state index is -3.74. The maximum Gasteiger partial charge on any atom is 0.246 e. The number of likely N-dealkylation sites (N-methyl/N-ethyl adjacent to an activating group) is 1. The van der Waals surface area contributed by atoms with Crippen LogP contribution < -0.4 is 4.90 Å². The van der Waals surface area contributed by atoms with E-state index in [-0.39, 0.29) is 10.8 Å². The maximum atomic E-state index is 13.3. The fraction of sp³-hybridized carbons (Fsp3) is 0.333. The lowest BCUT2D eigenvalue weighted by atomic mass is 10.0. The molecule has 29 heavy (non-hydrogen) atoms. The Labute approximate surface area is 174 Å². The Hall–Kier alpha value is -2.29. The van der Waals surface area contributed by atoms with Gasteiger partial charge in [-0.3, -0.25) is 9.69 Å². The quantitative estimate of drug-likeness (QED) is 0.632. The molecule has 0 N–H and O–H groups in total. The number of aromatic nitrogens is 1. The first-order chi connectivity index (χ1) is 13.9. The number of nitrogens with zero attached hydrogens (tertiary/aromatic N) is 3. The lowest BCUT2D eigenvalue weighted by Crippen LogP contribution is -2.52. The van der Waals surface area contributed by atoms with Crippen LogP contribution in [0.2, 0.25) is 0 Å². The second-order valence-corrected chi connectivity index (χ2v) is 10.2.